The highest BCUT2D eigenvalue weighted by Gasteiger charge is 2.08. The number of amides is 1. The molecule has 0 aliphatic rings. The summed E-state index contributed by atoms with van der Waals surface area (Å²) in [5.41, 5.74) is 1.69. The van der Waals surface area contributed by atoms with E-state index in [0.717, 1.165) is 34.3 Å². The minimum Gasteiger partial charge on any atom is -0.352 e. The first-order valence-corrected chi connectivity index (χ1v) is 6.99. The van der Waals surface area contributed by atoms with Gasteiger partial charge in [0, 0.05) is 35.4 Å². The molecule has 0 saturated heterocycles. The molecular weight excluding hydrogens is 306 g/mol. The summed E-state index contributed by atoms with van der Waals surface area (Å²) < 4.78 is 0.986. The maximum atomic E-state index is 12.0. The Labute approximate surface area is 120 Å². The van der Waals surface area contributed by atoms with Gasteiger partial charge in [0.25, 0.3) is 5.91 Å². The third-order valence-electron chi connectivity index (χ3n) is 2.86. The first-order valence-electron chi connectivity index (χ1n) is 6.19. The van der Waals surface area contributed by atoms with E-state index in [1.54, 1.807) is 12.4 Å². The number of aromatic amines is 1. The van der Waals surface area contributed by atoms with Gasteiger partial charge in [-0.25, -0.2) is 4.98 Å². The van der Waals surface area contributed by atoms with Crippen LogP contribution in [0.25, 0.3) is 0 Å². The quantitative estimate of drug-likeness (QED) is 0.832. The second-order valence-corrected chi connectivity index (χ2v) is 5.27. The number of carbonyl (C=O) groups excluding carboxylic acids is 1. The van der Waals surface area contributed by atoms with E-state index in [0.29, 0.717) is 6.54 Å². The van der Waals surface area contributed by atoms with E-state index >= 15 is 0 Å². The lowest BCUT2D eigenvalue weighted by Gasteiger charge is -2.07. The summed E-state index contributed by atoms with van der Waals surface area (Å²) in [6, 6.07) is 5.66. The second-order valence-electron chi connectivity index (χ2n) is 4.35. The molecule has 0 radical (unpaired) electrons. The third-order valence-corrected chi connectivity index (χ3v) is 3.36. The summed E-state index contributed by atoms with van der Waals surface area (Å²) in [6.45, 7) is 2.58. The van der Waals surface area contributed by atoms with Gasteiger partial charge in [0.1, 0.15) is 5.82 Å². The van der Waals surface area contributed by atoms with Crippen molar-refractivity contribution >= 4 is 21.8 Å². The number of imidazole rings is 1. The van der Waals surface area contributed by atoms with E-state index in [2.05, 4.69) is 31.2 Å². The summed E-state index contributed by atoms with van der Waals surface area (Å²) in [7, 11) is 0. The topological polar surface area (TPSA) is 57.8 Å². The number of hydrogen-bond acceptors (Lipinski definition) is 2. The molecule has 5 heteroatoms. The van der Waals surface area contributed by atoms with Gasteiger partial charge in [0.15, 0.2) is 0 Å². The zero-order valence-electron chi connectivity index (χ0n) is 10.7. The van der Waals surface area contributed by atoms with E-state index in [-0.39, 0.29) is 5.91 Å². The zero-order chi connectivity index (χ0) is 13.7. The molecule has 19 heavy (non-hydrogen) atoms. The van der Waals surface area contributed by atoms with Crippen LogP contribution in [0.4, 0.5) is 0 Å². The summed E-state index contributed by atoms with van der Waals surface area (Å²) in [6.07, 6.45) is 5.25. The molecule has 0 aliphatic carbocycles. The average Bonchev–Trinajstić information content (AvgIpc) is 2.87. The van der Waals surface area contributed by atoms with Crippen LogP contribution in [0.3, 0.4) is 0 Å². The van der Waals surface area contributed by atoms with Crippen molar-refractivity contribution in [2.45, 2.75) is 19.8 Å². The van der Waals surface area contributed by atoms with Crippen molar-refractivity contribution in [2.24, 2.45) is 0 Å². The fourth-order valence-corrected chi connectivity index (χ4v) is 2.35. The maximum Gasteiger partial charge on any atom is 0.251 e. The molecule has 4 nitrogen and oxygen atoms in total. The highest BCUT2D eigenvalue weighted by Crippen LogP contribution is 2.15. The van der Waals surface area contributed by atoms with Crippen molar-refractivity contribution in [2.75, 3.05) is 6.54 Å². The van der Waals surface area contributed by atoms with Crippen molar-refractivity contribution < 1.29 is 4.79 Å². The van der Waals surface area contributed by atoms with Crippen molar-refractivity contribution in [1.29, 1.82) is 0 Å². The number of benzene rings is 1. The monoisotopic (exact) mass is 321 g/mol. The van der Waals surface area contributed by atoms with Gasteiger partial charge in [-0.05, 0) is 37.1 Å². The highest BCUT2D eigenvalue weighted by molar-refractivity contribution is 9.10. The van der Waals surface area contributed by atoms with Crippen molar-refractivity contribution in [3.05, 3.63) is 52.0 Å². The lowest BCUT2D eigenvalue weighted by Crippen LogP contribution is -2.25. The van der Waals surface area contributed by atoms with Gasteiger partial charge >= 0.3 is 0 Å². The molecule has 0 bridgehead atoms. The Bertz CT molecular complexity index is 552. The van der Waals surface area contributed by atoms with E-state index in [4.69, 9.17) is 0 Å². The largest absolute Gasteiger partial charge is 0.352 e. The van der Waals surface area contributed by atoms with Gasteiger partial charge in [0.2, 0.25) is 0 Å². The van der Waals surface area contributed by atoms with Crippen LogP contribution in [0.2, 0.25) is 0 Å². The van der Waals surface area contributed by atoms with Crippen LogP contribution in [-0.4, -0.2) is 22.4 Å². The summed E-state index contributed by atoms with van der Waals surface area (Å²) in [5, 5.41) is 2.93. The van der Waals surface area contributed by atoms with Gasteiger partial charge < -0.3 is 10.3 Å². The number of carbonyl (C=O) groups is 1. The molecular formula is C14H16BrN3O. The highest BCUT2D eigenvalue weighted by atomic mass is 79.9. The Kier molecular flexibility index (Phi) is 4.74. The molecule has 100 valence electrons. The number of H-pyrrole nitrogens is 1. The molecule has 1 aromatic carbocycles. The van der Waals surface area contributed by atoms with Gasteiger partial charge in [-0.1, -0.05) is 15.9 Å². The standard InChI is InChI=1S/C14H16BrN3O/c1-10-9-11(15)4-5-12(10)14(19)18-6-2-3-13-16-7-8-17-13/h4-5,7-9H,2-3,6H2,1H3,(H,16,17)(H,18,19). The third kappa shape index (κ3) is 3.92. The predicted octanol–water partition coefficient (Wildman–Crippen LogP) is 2.84. The normalized spacial score (nSPS) is 10.4. The lowest BCUT2D eigenvalue weighted by molar-refractivity contribution is 0.0952. The minimum atomic E-state index is -0.0237. The van der Waals surface area contributed by atoms with Crippen molar-refractivity contribution in [3.8, 4) is 0 Å². The zero-order valence-corrected chi connectivity index (χ0v) is 12.3. The molecule has 0 aliphatic heterocycles. The van der Waals surface area contributed by atoms with Crippen LogP contribution < -0.4 is 5.32 Å². The fourth-order valence-electron chi connectivity index (χ4n) is 1.87. The van der Waals surface area contributed by atoms with Gasteiger partial charge in [-0.3, -0.25) is 4.79 Å². The van der Waals surface area contributed by atoms with E-state index in [1.807, 2.05) is 25.1 Å². The molecule has 0 atom stereocenters. The number of nitrogens with zero attached hydrogens (tertiary/aromatic N) is 1. The summed E-state index contributed by atoms with van der Waals surface area (Å²) in [5.74, 6) is 0.929. The van der Waals surface area contributed by atoms with Gasteiger partial charge in [0.05, 0.1) is 0 Å². The Hall–Kier alpha value is -1.62. The van der Waals surface area contributed by atoms with Crippen LogP contribution in [0.1, 0.15) is 28.2 Å². The van der Waals surface area contributed by atoms with Crippen LogP contribution in [0.5, 0.6) is 0 Å². The number of aryl methyl sites for hydroxylation is 2. The van der Waals surface area contributed by atoms with Crippen molar-refractivity contribution in [3.63, 3.8) is 0 Å². The molecule has 2 aromatic rings. The molecule has 2 rings (SSSR count). The van der Waals surface area contributed by atoms with Crippen LogP contribution in [-0.2, 0) is 6.42 Å². The van der Waals surface area contributed by atoms with Gasteiger partial charge in [-0.15, -0.1) is 0 Å². The van der Waals surface area contributed by atoms with Gasteiger partial charge in [-0.2, -0.15) is 0 Å². The molecule has 0 spiro atoms. The van der Waals surface area contributed by atoms with E-state index in [9.17, 15) is 4.79 Å². The molecule has 1 heterocycles. The molecule has 1 amide bonds. The number of nitrogens with one attached hydrogen (secondary N) is 2. The Morgan fingerprint density at radius 2 is 2.32 bits per heavy atom. The second kappa shape index (κ2) is 6.52. The molecule has 0 unspecified atom stereocenters. The first kappa shape index (κ1) is 13.8. The van der Waals surface area contributed by atoms with E-state index < -0.39 is 0 Å². The van der Waals surface area contributed by atoms with Crippen LogP contribution in [0.15, 0.2) is 35.1 Å². The Morgan fingerprint density at radius 1 is 1.47 bits per heavy atom. The first-order chi connectivity index (χ1) is 9.16. The molecule has 2 N–H and O–H groups in total. The molecule has 1 aromatic heterocycles. The Morgan fingerprint density at radius 3 is 3.00 bits per heavy atom. The molecule has 0 saturated carbocycles. The fraction of sp³-hybridized carbons (Fsp3) is 0.286. The SMILES string of the molecule is Cc1cc(Br)ccc1C(=O)NCCCc1ncc[nH]1. The smallest absolute Gasteiger partial charge is 0.251 e. The average molecular weight is 322 g/mol. The van der Waals surface area contributed by atoms with Crippen molar-refractivity contribution in [1.82, 2.24) is 15.3 Å². The minimum absolute atomic E-state index is 0.0237. The number of aromatic nitrogens is 2. The summed E-state index contributed by atoms with van der Waals surface area (Å²) in [4.78, 5) is 19.2. The molecule has 0 fully saturated rings. The van der Waals surface area contributed by atoms with Crippen LogP contribution in [0, 0.1) is 6.92 Å². The number of rotatable bonds is 5. The predicted molar refractivity (Wildman–Crippen MR) is 78.1 cm³/mol. The summed E-state index contributed by atoms with van der Waals surface area (Å²) >= 11 is 3.39. The number of hydrogen-bond donors (Lipinski definition) is 2. The van der Waals surface area contributed by atoms with E-state index in [1.165, 1.54) is 0 Å². The Balaban J connectivity index is 1.81. The number of halogens is 1. The maximum absolute atomic E-state index is 12.0. The van der Waals surface area contributed by atoms with Crippen LogP contribution >= 0.6 is 15.9 Å². The lowest BCUT2D eigenvalue weighted by atomic mass is 10.1.